The summed E-state index contributed by atoms with van der Waals surface area (Å²) in [6.07, 6.45) is 4.14. The molecule has 1 saturated heterocycles. The summed E-state index contributed by atoms with van der Waals surface area (Å²) in [6, 6.07) is 1.33. The molecule has 0 atom stereocenters. The number of carbonyl (C=O) groups excluding carboxylic acids is 1. The van der Waals surface area contributed by atoms with Crippen molar-refractivity contribution in [3.05, 3.63) is 26.7 Å². The summed E-state index contributed by atoms with van der Waals surface area (Å²) in [5.74, 6) is -0.612. The van der Waals surface area contributed by atoms with Crippen LogP contribution in [-0.4, -0.2) is 29.0 Å². The molecule has 0 spiro atoms. The highest BCUT2D eigenvalue weighted by atomic mass is 35.5. The Morgan fingerprint density at radius 1 is 1.05 bits per heavy atom. The lowest BCUT2D eigenvalue weighted by Gasteiger charge is -2.22. The zero-order chi connectivity index (χ0) is 14.0. The van der Waals surface area contributed by atoms with Gasteiger partial charge >= 0.3 is 0 Å². The van der Waals surface area contributed by atoms with Gasteiger partial charge in [-0.1, -0.05) is 47.6 Å². The maximum Gasteiger partial charge on any atom is 0.259 e. The van der Waals surface area contributed by atoms with Gasteiger partial charge in [0, 0.05) is 13.1 Å². The molecule has 3 nitrogen and oxygen atoms in total. The molecule has 104 valence electrons. The Bertz CT molecular complexity index is 471. The molecule has 1 aromatic rings. The third-order valence-corrected chi connectivity index (χ3v) is 4.33. The highest BCUT2D eigenvalue weighted by molar-refractivity contribution is 6.45. The zero-order valence-electron chi connectivity index (χ0n) is 10.3. The molecule has 1 aliphatic heterocycles. The number of benzene rings is 1. The normalized spacial score (nSPS) is 16.3. The molecule has 0 radical (unpaired) electrons. The van der Waals surface area contributed by atoms with Gasteiger partial charge in [0.25, 0.3) is 5.91 Å². The van der Waals surface area contributed by atoms with E-state index < -0.39 is 0 Å². The molecule has 0 saturated carbocycles. The molecule has 1 fully saturated rings. The first-order valence-corrected chi connectivity index (χ1v) is 7.31. The molecule has 1 aliphatic rings. The number of phenols is 1. The molecule has 1 amide bonds. The summed E-state index contributed by atoms with van der Waals surface area (Å²) in [5.41, 5.74) is 0.000988. The summed E-state index contributed by atoms with van der Waals surface area (Å²) >= 11 is 17.8. The number of nitrogens with zero attached hydrogens (tertiary/aromatic N) is 1. The summed E-state index contributed by atoms with van der Waals surface area (Å²) in [6.45, 7) is 1.33. The van der Waals surface area contributed by atoms with Crippen LogP contribution in [0.25, 0.3) is 0 Å². The van der Waals surface area contributed by atoms with Crippen molar-refractivity contribution >= 4 is 40.7 Å². The lowest BCUT2D eigenvalue weighted by molar-refractivity contribution is 0.0759. The fraction of sp³-hybridized carbons (Fsp3) is 0.462. The van der Waals surface area contributed by atoms with E-state index in [1.165, 1.54) is 6.07 Å². The average molecular weight is 323 g/mol. The number of carbonyl (C=O) groups is 1. The van der Waals surface area contributed by atoms with Crippen molar-refractivity contribution in [1.82, 2.24) is 4.90 Å². The van der Waals surface area contributed by atoms with Gasteiger partial charge in [0.15, 0.2) is 0 Å². The van der Waals surface area contributed by atoms with Crippen LogP contribution in [0.15, 0.2) is 6.07 Å². The fourth-order valence-electron chi connectivity index (χ4n) is 2.21. The number of hydrogen-bond donors (Lipinski definition) is 1. The molecule has 0 aliphatic carbocycles. The number of halogens is 3. The van der Waals surface area contributed by atoms with Crippen molar-refractivity contribution in [3.8, 4) is 5.75 Å². The van der Waals surface area contributed by atoms with Gasteiger partial charge < -0.3 is 10.0 Å². The van der Waals surface area contributed by atoms with Crippen molar-refractivity contribution in [1.29, 1.82) is 0 Å². The van der Waals surface area contributed by atoms with E-state index in [2.05, 4.69) is 0 Å². The smallest absolute Gasteiger partial charge is 0.259 e. The Balaban J connectivity index is 2.37. The van der Waals surface area contributed by atoms with Crippen molar-refractivity contribution < 1.29 is 9.90 Å². The molecule has 0 bridgehead atoms. The van der Waals surface area contributed by atoms with E-state index in [-0.39, 0.29) is 32.3 Å². The van der Waals surface area contributed by atoms with Gasteiger partial charge in [0.05, 0.1) is 15.1 Å². The standard InChI is InChI=1S/C13H14Cl3NO2/c14-8-7-9(15)12(18)10(11(8)16)13(19)17-5-3-1-2-4-6-17/h7,18H,1-6H2. The van der Waals surface area contributed by atoms with Crippen LogP contribution in [-0.2, 0) is 0 Å². The summed E-state index contributed by atoms with van der Waals surface area (Å²) in [4.78, 5) is 14.2. The van der Waals surface area contributed by atoms with Crippen molar-refractivity contribution in [2.75, 3.05) is 13.1 Å². The second kappa shape index (κ2) is 6.21. The van der Waals surface area contributed by atoms with Gasteiger partial charge in [-0.15, -0.1) is 0 Å². The van der Waals surface area contributed by atoms with E-state index >= 15 is 0 Å². The second-order valence-corrected chi connectivity index (χ2v) is 5.78. The van der Waals surface area contributed by atoms with Gasteiger partial charge in [0.2, 0.25) is 0 Å². The average Bonchev–Trinajstić information content (AvgIpc) is 2.65. The summed E-state index contributed by atoms with van der Waals surface area (Å²) < 4.78 is 0. The van der Waals surface area contributed by atoms with E-state index in [9.17, 15) is 9.90 Å². The third-order valence-electron chi connectivity index (χ3n) is 3.25. The van der Waals surface area contributed by atoms with Gasteiger partial charge in [0.1, 0.15) is 11.3 Å². The van der Waals surface area contributed by atoms with Crippen LogP contribution in [0, 0.1) is 0 Å². The molecule has 0 aromatic heterocycles. The Hall–Kier alpha value is -0.640. The number of likely N-dealkylation sites (tertiary alicyclic amines) is 1. The summed E-state index contributed by atoms with van der Waals surface area (Å²) in [7, 11) is 0. The molecule has 1 aromatic carbocycles. The maximum absolute atomic E-state index is 12.5. The Kier molecular flexibility index (Phi) is 4.82. The van der Waals surface area contributed by atoms with Gasteiger partial charge in [-0.3, -0.25) is 4.79 Å². The minimum absolute atomic E-state index is 0.000988. The van der Waals surface area contributed by atoms with Crippen LogP contribution >= 0.6 is 34.8 Å². The predicted octanol–water partition coefficient (Wildman–Crippen LogP) is 4.37. The van der Waals surface area contributed by atoms with E-state index in [1.807, 2.05) is 0 Å². The SMILES string of the molecule is O=C(c1c(O)c(Cl)cc(Cl)c1Cl)N1CCCCCC1. The Labute approximate surface area is 127 Å². The molecular weight excluding hydrogens is 309 g/mol. The first-order chi connectivity index (χ1) is 9.02. The monoisotopic (exact) mass is 321 g/mol. The van der Waals surface area contributed by atoms with Crippen LogP contribution in [0.1, 0.15) is 36.0 Å². The minimum Gasteiger partial charge on any atom is -0.505 e. The highest BCUT2D eigenvalue weighted by Crippen LogP contribution is 2.39. The number of amides is 1. The first-order valence-electron chi connectivity index (χ1n) is 6.18. The van der Waals surface area contributed by atoms with Gasteiger partial charge in [-0.05, 0) is 18.9 Å². The Morgan fingerprint density at radius 2 is 1.63 bits per heavy atom. The van der Waals surface area contributed by atoms with E-state index in [1.54, 1.807) is 4.90 Å². The minimum atomic E-state index is -0.311. The van der Waals surface area contributed by atoms with Crippen molar-refractivity contribution in [3.63, 3.8) is 0 Å². The molecule has 0 unspecified atom stereocenters. The molecule has 2 rings (SSSR count). The van der Waals surface area contributed by atoms with Crippen LogP contribution in [0.2, 0.25) is 15.1 Å². The number of rotatable bonds is 1. The highest BCUT2D eigenvalue weighted by Gasteiger charge is 2.25. The topological polar surface area (TPSA) is 40.5 Å². The van der Waals surface area contributed by atoms with E-state index in [0.717, 1.165) is 25.7 Å². The van der Waals surface area contributed by atoms with Crippen molar-refractivity contribution in [2.24, 2.45) is 0 Å². The predicted molar refractivity (Wildman–Crippen MR) is 77.5 cm³/mol. The number of aromatic hydroxyl groups is 1. The fourth-order valence-corrected chi connectivity index (χ4v) is 2.90. The number of hydrogen-bond acceptors (Lipinski definition) is 2. The van der Waals surface area contributed by atoms with Crippen LogP contribution in [0.3, 0.4) is 0 Å². The molecular formula is C13H14Cl3NO2. The first kappa shape index (κ1) is 14.8. The number of phenolic OH excluding ortho intramolecular Hbond substituents is 1. The van der Waals surface area contributed by atoms with Crippen LogP contribution in [0.4, 0.5) is 0 Å². The Morgan fingerprint density at radius 3 is 2.21 bits per heavy atom. The van der Waals surface area contributed by atoms with Crippen LogP contribution in [0.5, 0.6) is 5.75 Å². The van der Waals surface area contributed by atoms with Crippen LogP contribution < -0.4 is 0 Å². The lowest BCUT2D eigenvalue weighted by atomic mass is 10.1. The third kappa shape index (κ3) is 3.10. The van der Waals surface area contributed by atoms with E-state index in [4.69, 9.17) is 34.8 Å². The quantitative estimate of drug-likeness (QED) is 0.780. The largest absolute Gasteiger partial charge is 0.505 e. The maximum atomic E-state index is 12.5. The summed E-state index contributed by atoms with van der Waals surface area (Å²) in [5, 5.41) is 10.2. The molecule has 1 heterocycles. The van der Waals surface area contributed by atoms with Gasteiger partial charge in [-0.2, -0.15) is 0 Å². The molecule has 19 heavy (non-hydrogen) atoms. The lowest BCUT2D eigenvalue weighted by Crippen LogP contribution is -2.32. The van der Waals surface area contributed by atoms with E-state index in [0.29, 0.717) is 13.1 Å². The second-order valence-electron chi connectivity index (χ2n) is 4.58. The molecule has 1 N–H and O–H groups in total. The van der Waals surface area contributed by atoms with Gasteiger partial charge in [-0.25, -0.2) is 0 Å². The molecule has 6 heteroatoms. The zero-order valence-corrected chi connectivity index (χ0v) is 12.5. The van der Waals surface area contributed by atoms with Crippen molar-refractivity contribution in [2.45, 2.75) is 25.7 Å².